The van der Waals surface area contributed by atoms with Gasteiger partial charge in [-0.25, -0.2) is 4.79 Å². The van der Waals surface area contributed by atoms with Crippen LogP contribution in [0.3, 0.4) is 0 Å². The van der Waals surface area contributed by atoms with Crippen molar-refractivity contribution in [2.75, 3.05) is 18.1 Å². The van der Waals surface area contributed by atoms with E-state index in [1.807, 2.05) is 60.7 Å². The Bertz CT molecular complexity index is 1760. The second-order valence-electron chi connectivity index (χ2n) is 22.8. The number of esters is 3. The fraction of sp³-hybridized carbons (Fsp3) is 0.718. The third-order valence-corrected chi connectivity index (χ3v) is 16.3. The Morgan fingerprint density at radius 2 is 0.762 bits per heavy atom. The molecule has 0 fully saturated rings. The molecular formula is C71H117NO7S. The molecule has 2 aromatic carbocycles. The highest BCUT2D eigenvalue weighted by Gasteiger charge is 2.28. The summed E-state index contributed by atoms with van der Waals surface area (Å²) in [5.74, 6) is -0.821. The Morgan fingerprint density at radius 1 is 0.412 bits per heavy atom. The Labute approximate surface area is 494 Å². The zero-order valence-electron chi connectivity index (χ0n) is 51.4. The van der Waals surface area contributed by atoms with Gasteiger partial charge in [-0.3, -0.25) is 14.4 Å². The molecule has 0 spiro atoms. The van der Waals surface area contributed by atoms with Crippen LogP contribution in [0.4, 0.5) is 0 Å². The average molecular weight is 1130 g/mol. The molecule has 0 aliphatic carbocycles. The van der Waals surface area contributed by atoms with Crippen molar-refractivity contribution in [3.05, 3.63) is 96.1 Å². The van der Waals surface area contributed by atoms with Gasteiger partial charge in [0.1, 0.15) is 18.8 Å². The minimum Gasteiger partial charge on any atom is -0.462 e. The van der Waals surface area contributed by atoms with E-state index in [0.717, 1.165) is 101 Å². The largest absolute Gasteiger partial charge is 0.462 e. The molecule has 80 heavy (non-hydrogen) atoms. The van der Waals surface area contributed by atoms with E-state index in [1.165, 1.54) is 172 Å². The quantitative estimate of drug-likeness (QED) is 0.0302. The summed E-state index contributed by atoms with van der Waals surface area (Å²) in [6, 6.07) is 18.4. The predicted molar refractivity (Wildman–Crippen MR) is 340 cm³/mol. The first kappa shape index (κ1) is 72.3. The lowest BCUT2D eigenvalue weighted by Gasteiger charge is -2.24. The molecule has 0 radical (unpaired) electrons. The number of allylic oxidation sites excluding steroid dienone is 4. The van der Waals surface area contributed by atoms with Gasteiger partial charge in [0.2, 0.25) is 5.91 Å². The van der Waals surface area contributed by atoms with Crippen LogP contribution in [0.15, 0.2) is 85.0 Å². The van der Waals surface area contributed by atoms with Crippen molar-refractivity contribution < 1.29 is 33.4 Å². The maximum Gasteiger partial charge on any atom is 0.330 e. The first-order valence-corrected chi connectivity index (χ1v) is 34.4. The van der Waals surface area contributed by atoms with E-state index in [-0.39, 0.29) is 36.0 Å². The van der Waals surface area contributed by atoms with Crippen molar-refractivity contribution in [3.63, 3.8) is 0 Å². The normalized spacial score (nSPS) is 12.3. The molecule has 0 unspecified atom stereocenters. The van der Waals surface area contributed by atoms with E-state index in [9.17, 15) is 19.2 Å². The summed E-state index contributed by atoms with van der Waals surface area (Å²) in [7, 11) is 0. The van der Waals surface area contributed by atoms with Gasteiger partial charge < -0.3 is 19.5 Å². The van der Waals surface area contributed by atoms with Crippen molar-refractivity contribution in [2.45, 2.75) is 309 Å². The molecule has 0 heterocycles. The van der Waals surface area contributed by atoms with Crippen molar-refractivity contribution in [3.8, 4) is 0 Å². The van der Waals surface area contributed by atoms with E-state index in [0.29, 0.717) is 19.3 Å². The van der Waals surface area contributed by atoms with E-state index < -0.39 is 24.2 Å². The zero-order chi connectivity index (χ0) is 57.5. The molecule has 454 valence electrons. The number of thioether (sulfide) groups is 1. The topological polar surface area (TPSA) is 108 Å². The average Bonchev–Trinajstić information content (AvgIpc) is 3.48. The van der Waals surface area contributed by atoms with Gasteiger partial charge in [0.15, 0.2) is 6.10 Å². The highest BCUT2D eigenvalue weighted by atomic mass is 32.2. The number of ether oxygens (including phenoxy) is 3. The van der Waals surface area contributed by atoms with Crippen LogP contribution in [0.25, 0.3) is 0 Å². The minimum atomic E-state index is -0.944. The number of rotatable bonds is 56. The Morgan fingerprint density at radius 3 is 1.16 bits per heavy atom. The summed E-state index contributed by atoms with van der Waals surface area (Å²) >= 11 is 1.39. The van der Waals surface area contributed by atoms with Crippen LogP contribution in [0.1, 0.15) is 308 Å². The Balaban J connectivity index is 1.98. The van der Waals surface area contributed by atoms with Crippen LogP contribution in [-0.4, -0.2) is 54.1 Å². The molecule has 0 aromatic heterocycles. The number of benzene rings is 2. The number of amides is 1. The van der Waals surface area contributed by atoms with Gasteiger partial charge in [0, 0.05) is 30.8 Å². The number of hydrogen-bond acceptors (Lipinski definition) is 8. The summed E-state index contributed by atoms with van der Waals surface area (Å²) in [4.78, 5) is 54.3. The van der Waals surface area contributed by atoms with Crippen LogP contribution in [-0.2, 0) is 33.4 Å². The van der Waals surface area contributed by atoms with Gasteiger partial charge in [0.05, 0.1) is 0 Å². The number of carbonyl (C=O) groups excluding carboxylic acids is 4. The molecule has 2 rings (SSSR count). The Kier molecular flexibility index (Phi) is 49.1. The van der Waals surface area contributed by atoms with Crippen LogP contribution in [0.2, 0.25) is 0 Å². The van der Waals surface area contributed by atoms with Gasteiger partial charge >= 0.3 is 17.9 Å². The monoisotopic (exact) mass is 1130 g/mol. The van der Waals surface area contributed by atoms with Crippen molar-refractivity contribution >= 4 is 35.6 Å². The highest BCUT2D eigenvalue weighted by molar-refractivity contribution is 7.99. The van der Waals surface area contributed by atoms with Crippen molar-refractivity contribution in [1.29, 1.82) is 0 Å². The van der Waals surface area contributed by atoms with Crippen LogP contribution >= 0.6 is 11.8 Å². The standard InChI is InChI=1S/C71H117NO7S/c1-4-7-10-13-16-19-22-25-27-30-33-36-39-42-51-58-68(74)77-60-65(78-69(75)59-52-43-40-37-34-31-28-26-23-20-17-14-11-8-5-2)61-80-62-66(71(76)79-70(63-53-46-44-47-54-63)64-55-48-45-49-56-64)72-67(73)57-50-41-38-35-32-29-24-21-18-15-12-9-6-3/h25-28,44-49,53-56,65-66,70H,4-24,29-43,50-52,57-62H2,1-3H3,(H,72,73)/b27-25-,28-26-/t65-,66+/m1/s1. The molecule has 0 aliphatic heterocycles. The van der Waals surface area contributed by atoms with Crippen LogP contribution in [0, 0.1) is 0 Å². The van der Waals surface area contributed by atoms with Crippen LogP contribution in [0.5, 0.6) is 0 Å². The molecule has 9 heteroatoms. The predicted octanol–water partition coefficient (Wildman–Crippen LogP) is 20.5. The van der Waals surface area contributed by atoms with Gasteiger partial charge in [-0.05, 0) is 81.8 Å². The number of unbranched alkanes of at least 4 members (excludes halogenated alkanes) is 34. The zero-order valence-corrected chi connectivity index (χ0v) is 52.2. The van der Waals surface area contributed by atoms with E-state index >= 15 is 0 Å². The van der Waals surface area contributed by atoms with Gasteiger partial charge in [-0.2, -0.15) is 11.8 Å². The molecule has 1 N–H and O–H groups in total. The molecular weight excluding hydrogens is 1010 g/mol. The second kappa shape index (κ2) is 54.4. The first-order valence-electron chi connectivity index (χ1n) is 33.2. The lowest BCUT2D eigenvalue weighted by molar-refractivity contribution is -0.157. The minimum absolute atomic E-state index is 0.0559. The van der Waals surface area contributed by atoms with Crippen molar-refractivity contribution in [1.82, 2.24) is 5.32 Å². The van der Waals surface area contributed by atoms with Gasteiger partial charge in [0.25, 0.3) is 0 Å². The maximum absolute atomic E-state index is 14.3. The molecule has 8 nitrogen and oxygen atoms in total. The van der Waals surface area contributed by atoms with E-state index in [2.05, 4.69) is 50.4 Å². The molecule has 0 bridgehead atoms. The number of nitrogens with one attached hydrogen (secondary N) is 1. The third-order valence-electron chi connectivity index (χ3n) is 15.2. The molecule has 0 saturated carbocycles. The summed E-state index contributed by atoms with van der Waals surface area (Å²) in [5, 5.41) is 3.03. The number of hydrogen-bond donors (Lipinski definition) is 1. The van der Waals surface area contributed by atoms with Gasteiger partial charge in [-0.1, -0.05) is 286 Å². The van der Waals surface area contributed by atoms with E-state index in [1.54, 1.807) is 0 Å². The molecule has 0 aliphatic rings. The van der Waals surface area contributed by atoms with Crippen molar-refractivity contribution in [2.24, 2.45) is 0 Å². The fourth-order valence-corrected chi connectivity index (χ4v) is 11.2. The Hall–Kier alpha value is -3.85. The number of carbonyl (C=O) groups is 4. The highest BCUT2D eigenvalue weighted by Crippen LogP contribution is 2.27. The molecule has 0 saturated heterocycles. The smallest absolute Gasteiger partial charge is 0.330 e. The fourth-order valence-electron chi connectivity index (χ4n) is 10.1. The van der Waals surface area contributed by atoms with Gasteiger partial charge in [-0.15, -0.1) is 0 Å². The summed E-state index contributed by atoms with van der Waals surface area (Å²) in [5.41, 5.74) is 1.66. The summed E-state index contributed by atoms with van der Waals surface area (Å²) in [6.07, 6.45) is 55.6. The van der Waals surface area contributed by atoms with E-state index in [4.69, 9.17) is 14.2 Å². The SMILES string of the molecule is CCCCCCCC/C=C\CCCCCCCC(=O)OC[C@H](CSC[C@H](NC(=O)CCCCCCCCCCCCCCC)C(=O)OC(c1ccccc1)c1ccccc1)OC(=O)CCCCCCC/C=C\CCCCCCCC. The summed E-state index contributed by atoms with van der Waals surface area (Å²) in [6.45, 7) is 6.73. The maximum atomic E-state index is 14.3. The second-order valence-corrected chi connectivity index (χ2v) is 23.8. The molecule has 2 aromatic rings. The molecule has 1 amide bonds. The first-order chi connectivity index (χ1) is 39.4. The lowest BCUT2D eigenvalue weighted by Crippen LogP contribution is -2.44. The summed E-state index contributed by atoms with van der Waals surface area (Å²) < 4.78 is 18.1. The molecule has 2 atom stereocenters. The van der Waals surface area contributed by atoms with Crippen LogP contribution < -0.4 is 5.32 Å². The third kappa shape index (κ3) is 42.9. The lowest BCUT2D eigenvalue weighted by atomic mass is 10.0.